The molecule has 2 heterocycles. The van der Waals surface area contributed by atoms with Crippen molar-refractivity contribution < 1.29 is 0 Å². The molecule has 2 aromatic heterocycles. The van der Waals surface area contributed by atoms with E-state index in [1.54, 1.807) is 22.7 Å². The maximum atomic E-state index is 4.62. The lowest BCUT2D eigenvalue weighted by molar-refractivity contribution is 0.799. The molecule has 0 amide bonds. The molecule has 0 fully saturated rings. The SMILES string of the molecule is CCNC(=NCc1csc(N(C)C)n1)NCCc1sc(C)nc1C.I. The van der Waals surface area contributed by atoms with Gasteiger partial charge in [0.15, 0.2) is 11.1 Å². The minimum absolute atomic E-state index is 0. The molecule has 2 aromatic rings. The zero-order valence-electron chi connectivity index (χ0n) is 15.4. The zero-order valence-corrected chi connectivity index (χ0v) is 19.4. The number of thiazole rings is 2. The van der Waals surface area contributed by atoms with Crippen LogP contribution >= 0.6 is 46.7 Å². The van der Waals surface area contributed by atoms with Gasteiger partial charge in [0.2, 0.25) is 0 Å². The molecule has 140 valence electrons. The Morgan fingerprint density at radius 2 is 2.00 bits per heavy atom. The van der Waals surface area contributed by atoms with E-state index in [2.05, 4.69) is 51.7 Å². The third-order valence-corrected chi connectivity index (χ3v) is 5.50. The van der Waals surface area contributed by atoms with Crippen molar-refractivity contribution in [3.05, 3.63) is 26.7 Å². The lowest BCUT2D eigenvalue weighted by Gasteiger charge is -2.10. The Morgan fingerprint density at radius 3 is 2.56 bits per heavy atom. The predicted molar refractivity (Wildman–Crippen MR) is 120 cm³/mol. The van der Waals surface area contributed by atoms with Crippen LogP contribution in [0.2, 0.25) is 0 Å². The van der Waals surface area contributed by atoms with Gasteiger partial charge < -0.3 is 15.5 Å². The molecule has 9 heteroatoms. The molecule has 0 aliphatic rings. The van der Waals surface area contributed by atoms with Crippen molar-refractivity contribution in [1.82, 2.24) is 20.6 Å². The fourth-order valence-electron chi connectivity index (χ4n) is 2.18. The summed E-state index contributed by atoms with van der Waals surface area (Å²) in [4.78, 5) is 17.0. The second-order valence-corrected chi connectivity index (χ2v) is 7.75. The molecule has 0 radical (unpaired) electrons. The monoisotopic (exact) mass is 494 g/mol. The number of aliphatic imine (C=N–C) groups is 1. The number of halogens is 1. The van der Waals surface area contributed by atoms with Crippen LogP contribution in [0.4, 0.5) is 5.13 Å². The highest BCUT2D eigenvalue weighted by atomic mass is 127. The summed E-state index contributed by atoms with van der Waals surface area (Å²) < 4.78 is 0. The van der Waals surface area contributed by atoms with E-state index in [-0.39, 0.29) is 24.0 Å². The molecule has 0 aromatic carbocycles. The van der Waals surface area contributed by atoms with Crippen molar-refractivity contribution in [2.45, 2.75) is 33.7 Å². The first-order chi connectivity index (χ1) is 11.5. The summed E-state index contributed by atoms with van der Waals surface area (Å²) in [5.41, 5.74) is 2.13. The minimum atomic E-state index is 0. The Bertz CT molecular complexity index is 680. The molecule has 0 aliphatic carbocycles. The molecule has 0 saturated carbocycles. The topological polar surface area (TPSA) is 65.4 Å². The van der Waals surface area contributed by atoms with E-state index in [9.17, 15) is 0 Å². The van der Waals surface area contributed by atoms with Crippen molar-refractivity contribution in [3.63, 3.8) is 0 Å². The van der Waals surface area contributed by atoms with E-state index >= 15 is 0 Å². The van der Waals surface area contributed by atoms with Crippen molar-refractivity contribution in [1.29, 1.82) is 0 Å². The number of rotatable bonds is 7. The van der Waals surface area contributed by atoms with E-state index in [0.29, 0.717) is 6.54 Å². The maximum Gasteiger partial charge on any atom is 0.191 e. The van der Waals surface area contributed by atoms with Crippen LogP contribution < -0.4 is 15.5 Å². The third-order valence-electron chi connectivity index (χ3n) is 3.31. The normalized spacial score (nSPS) is 11.2. The summed E-state index contributed by atoms with van der Waals surface area (Å²) in [5.74, 6) is 0.829. The van der Waals surface area contributed by atoms with Crippen LogP contribution in [0.5, 0.6) is 0 Å². The maximum absolute atomic E-state index is 4.62. The molecule has 0 saturated heterocycles. The van der Waals surface area contributed by atoms with E-state index in [1.807, 2.05) is 19.0 Å². The molecule has 6 nitrogen and oxygen atoms in total. The summed E-state index contributed by atoms with van der Waals surface area (Å²) in [6.45, 7) is 8.46. The van der Waals surface area contributed by atoms with Crippen LogP contribution in [0.1, 0.15) is 28.2 Å². The zero-order chi connectivity index (χ0) is 17.5. The van der Waals surface area contributed by atoms with Gasteiger partial charge in [-0.05, 0) is 20.8 Å². The molecule has 2 N–H and O–H groups in total. The number of guanidine groups is 1. The molecule has 25 heavy (non-hydrogen) atoms. The first-order valence-electron chi connectivity index (χ1n) is 8.06. The second kappa shape index (κ2) is 10.9. The van der Waals surface area contributed by atoms with Crippen LogP contribution in [-0.4, -0.2) is 43.1 Å². The van der Waals surface area contributed by atoms with Crippen molar-refractivity contribution in [2.24, 2.45) is 4.99 Å². The van der Waals surface area contributed by atoms with Gasteiger partial charge in [-0.1, -0.05) is 0 Å². The fourth-order valence-corrected chi connectivity index (χ4v) is 3.86. The van der Waals surface area contributed by atoms with Gasteiger partial charge in [-0.25, -0.2) is 15.0 Å². The Balaban J connectivity index is 0.00000312. The van der Waals surface area contributed by atoms with E-state index in [1.165, 1.54) is 4.88 Å². The highest BCUT2D eigenvalue weighted by Crippen LogP contribution is 2.18. The minimum Gasteiger partial charge on any atom is -0.357 e. The number of nitrogens with one attached hydrogen (secondary N) is 2. The van der Waals surface area contributed by atoms with Crippen molar-refractivity contribution >= 4 is 57.7 Å². The molecular formula is C16H27IN6S2. The van der Waals surface area contributed by atoms with Crippen LogP contribution in [0, 0.1) is 13.8 Å². The van der Waals surface area contributed by atoms with Crippen LogP contribution in [0.15, 0.2) is 10.4 Å². The van der Waals surface area contributed by atoms with E-state index in [0.717, 1.165) is 47.0 Å². The smallest absolute Gasteiger partial charge is 0.191 e. The number of aryl methyl sites for hydroxylation is 2. The third kappa shape index (κ3) is 7.06. The first kappa shape index (κ1) is 22.1. The van der Waals surface area contributed by atoms with E-state index < -0.39 is 0 Å². The summed E-state index contributed by atoms with van der Waals surface area (Å²) in [5, 5.41) is 10.9. The molecule has 0 bridgehead atoms. The number of hydrogen-bond acceptors (Lipinski definition) is 6. The summed E-state index contributed by atoms with van der Waals surface area (Å²) in [6.07, 6.45) is 0.962. The lowest BCUT2D eigenvalue weighted by Crippen LogP contribution is -2.38. The summed E-state index contributed by atoms with van der Waals surface area (Å²) in [7, 11) is 4.00. The average Bonchev–Trinajstić information content (AvgIpc) is 3.12. The van der Waals surface area contributed by atoms with Gasteiger partial charge >= 0.3 is 0 Å². The highest BCUT2D eigenvalue weighted by molar-refractivity contribution is 14.0. The average molecular weight is 494 g/mol. The van der Waals surface area contributed by atoms with Gasteiger partial charge in [0.25, 0.3) is 0 Å². The van der Waals surface area contributed by atoms with Crippen molar-refractivity contribution in [2.75, 3.05) is 32.1 Å². The molecule has 0 spiro atoms. The summed E-state index contributed by atoms with van der Waals surface area (Å²) >= 11 is 3.41. The molecule has 0 atom stereocenters. The lowest BCUT2D eigenvalue weighted by atomic mass is 10.3. The quantitative estimate of drug-likeness (QED) is 0.352. The summed E-state index contributed by atoms with van der Waals surface area (Å²) in [6, 6.07) is 0. The van der Waals surface area contributed by atoms with Crippen LogP contribution in [0.3, 0.4) is 0 Å². The molecular weight excluding hydrogens is 467 g/mol. The van der Waals surface area contributed by atoms with Crippen molar-refractivity contribution in [3.8, 4) is 0 Å². The van der Waals surface area contributed by atoms with Gasteiger partial charge in [-0.2, -0.15) is 0 Å². The second-order valence-electron chi connectivity index (χ2n) is 5.63. The van der Waals surface area contributed by atoms with Crippen LogP contribution in [-0.2, 0) is 13.0 Å². The number of aromatic nitrogens is 2. The Hall–Kier alpha value is -0.940. The number of anilines is 1. The predicted octanol–water partition coefficient (Wildman–Crippen LogP) is 3.20. The number of hydrogen-bond donors (Lipinski definition) is 2. The number of nitrogens with zero attached hydrogens (tertiary/aromatic N) is 4. The van der Waals surface area contributed by atoms with Gasteiger partial charge in [0, 0.05) is 43.9 Å². The highest BCUT2D eigenvalue weighted by Gasteiger charge is 2.06. The van der Waals surface area contributed by atoms with Crippen LogP contribution in [0.25, 0.3) is 0 Å². The Morgan fingerprint density at radius 1 is 1.24 bits per heavy atom. The van der Waals surface area contributed by atoms with Gasteiger partial charge in [0.1, 0.15) is 0 Å². The molecule has 2 rings (SSSR count). The standard InChI is InChI=1S/C16H26N6S2.HI/c1-6-17-15(18-8-7-14-11(2)20-12(3)24-14)19-9-13-10-23-16(21-13)22(4)5;/h10H,6-9H2,1-5H3,(H2,17,18,19);1H. The Labute approximate surface area is 175 Å². The molecule has 0 unspecified atom stereocenters. The van der Waals surface area contributed by atoms with Gasteiger partial charge in [0.05, 0.1) is 22.9 Å². The molecule has 0 aliphatic heterocycles. The fraction of sp³-hybridized carbons (Fsp3) is 0.562. The van der Waals surface area contributed by atoms with E-state index in [4.69, 9.17) is 0 Å². The largest absolute Gasteiger partial charge is 0.357 e. The Kier molecular flexibility index (Phi) is 9.65. The van der Waals surface area contributed by atoms with Gasteiger partial charge in [-0.15, -0.1) is 46.7 Å². The van der Waals surface area contributed by atoms with Gasteiger partial charge in [-0.3, -0.25) is 0 Å². The first-order valence-corrected chi connectivity index (χ1v) is 9.76.